The molecule has 0 saturated heterocycles. The van der Waals surface area contributed by atoms with E-state index >= 15 is 0 Å². The summed E-state index contributed by atoms with van der Waals surface area (Å²) in [5.74, 6) is 1.08. The lowest BCUT2D eigenvalue weighted by atomic mass is 10.2. The van der Waals surface area contributed by atoms with Crippen molar-refractivity contribution in [1.29, 1.82) is 0 Å². The number of amides is 1. The standard InChI is InChI=1S/C27H27N3O7/c1-16-6-8-17(9-7-16)30-26(32)19-13-23(36-4)24(37-5)14-21(19)29(27(30)33)15-25(31)28-20-11-10-18(34-2)12-22(20)35-3/h6-14H,15H2,1-5H3,(H,28,31). The van der Waals surface area contributed by atoms with Crippen molar-refractivity contribution in [1.82, 2.24) is 9.13 Å². The van der Waals surface area contributed by atoms with E-state index in [1.165, 1.54) is 45.1 Å². The molecule has 1 amide bonds. The van der Waals surface area contributed by atoms with Gasteiger partial charge in [0.15, 0.2) is 11.5 Å². The molecule has 0 spiro atoms. The number of carbonyl (C=O) groups is 1. The van der Waals surface area contributed by atoms with Gasteiger partial charge in [-0.25, -0.2) is 9.36 Å². The van der Waals surface area contributed by atoms with E-state index in [4.69, 9.17) is 18.9 Å². The third kappa shape index (κ3) is 4.86. The molecule has 192 valence electrons. The van der Waals surface area contributed by atoms with Crippen LogP contribution in [-0.2, 0) is 11.3 Å². The Labute approximate surface area is 212 Å². The van der Waals surface area contributed by atoms with Gasteiger partial charge in [-0.3, -0.25) is 14.2 Å². The Morgan fingerprint density at radius 3 is 2.08 bits per heavy atom. The number of methoxy groups -OCH3 is 4. The van der Waals surface area contributed by atoms with Gasteiger partial charge in [0.2, 0.25) is 5.91 Å². The van der Waals surface area contributed by atoms with Gasteiger partial charge in [0, 0.05) is 12.1 Å². The van der Waals surface area contributed by atoms with Crippen LogP contribution in [0.25, 0.3) is 16.6 Å². The first-order chi connectivity index (χ1) is 17.8. The molecule has 3 aromatic carbocycles. The highest BCUT2D eigenvalue weighted by Crippen LogP contribution is 2.31. The van der Waals surface area contributed by atoms with Crippen LogP contribution in [0.4, 0.5) is 5.69 Å². The Hall–Kier alpha value is -4.73. The minimum Gasteiger partial charge on any atom is -0.497 e. The quantitative estimate of drug-likeness (QED) is 0.392. The molecule has 0 fully saturated rings. The molecular formula is C27H27N3O7. The van der Waals surface area contributed by atoms with Gasteiger partial charge in [-0.15, -0.1) is 0 Å². The van der Waals surface area contributed by atoms with Crippen molar-refractivity contribution in [2.24, 2.45) is 0 Å². The highest BCUT2D eigenvalue weighted by Gasteiger charge is 2.20. The number of aryl methyl sites for hydroxylation is 1. The summed E-state index contributed by atoms with van der Waals surface area (Å²) in [5, 5.41) is 2.95. The number of hydrogen-bond acceptors (Lipinski definition) is 7. The predicted octanol–water partition coefficient (Wildman–Crippen LogP) is 3.13. The highest BCUT2D eigenvalue weighted by molar-refractivity contribution is 5.93. The smallest absolute Gasteiger partial charge is 0.336 e. The van der Waals surface area contributed by atoms with Gasteiger partial charge in [-0.2, -0.15) is 0 Å². The second-order valence-electron chi connectivity index (χ2n) is 8.18. The summed E-state index contributed by atoms with van der Waals surface area (Å²) in [7, 11) is 5.90. The number of benzene rings is 3. The van der Waals surface area contributed by atoms with Gasteiger partial charge < -0.3 is 24.3 Å². The molecule has 0 unspecified atom stereocenters. The first-order valence-corrected chi connectivity index (χ1v) is 11.3. The maximum absolute atomic E-state index is 13.7. The first kappa shape index (κ1) is 25.4. The van der Waals surface area contributed by atoms with E-state index in [-0.39, 0.29) is 17.4 Å². The van der Waals surface area contributed by atoms with Crippen molar-refractivity contribution in [2.45, 2.75) is 13.5 Å². The summed E-state index contributed by atoms with van der Waals surface area (Å²) >= 11 is 0. The molecule has 4 rings (SSSR count). The molecule has 0 radical (unpaired) electrons. The first-order valence-electron chi connectivity index (χ1n) is 11.3. The zero-order valence-corrected chi connectivity index (χ0v) is 21.2. The molecule has 10 heteroatoms. The van der Waals surface area contributed by atoms with Crippen LogP contribution in [0.2, 0.25) is 0 Å². The van der Waals surface area contributed by atoms with E-state index in [9.17, 15) is 14.4 Å². The van der Waals surface area contributed by atoms with Crippen molar-refractivity contribution in [3.8, 4) is 28.7 Å². The summed E-state index contributed by atoms with van der Waals surface area (Å²) in [6.45, 7) is 1.52. The summed E-state index contributed by atoms with van der Waals surface area (Å²) < 4.78 is 23.6. The third-order valence-electron chi connectivity index (χ3n) is 5.93. The molecule has 1 heterocycles. The average Bonchev–Trinajstić information content (AvgIpc) is 2.91. The van der Waals surface area contributed by atoms with Crippen molar-refractivity contribution in [2.75, 3.05) is 33.8 Å². The minimum absolute atomic E-state index is 0.188. The Bertz CT molecular complexity index is 1590. The van der Waals surface area contributed by atoms with Crippen molar-refractivity contribution in [3.63, 3.8) is 0 Å². The van der Waals surface area contributed by atoms with E-state index in [0.717, 1.165) is 10.1 Å². The van der Waals surface area contributed by atoms with Crippen LogP contribution in [0, 0.1) is 6.92 Å². The molecular weight excluding hydrogens is 478 g/mol. The Morgan fingerprint density at radius 1 is 0.811 bits per heavy atom. The second-order valence-corrected chi connectivity index (χ2v) is 8.18. The van der Waals surface area contributed by atoms with Crippen LogP contribution in [0.15, 0.2) is 64.2 Å². The van der Waals surface area contributed by atoms with E-state index in [1.807, 2.05) is 6.92 Å². The number of hydrogen-bond donors (Lipinski definition) is 1. The van der Waals surface area contributed by atoms with Gasteiger partial charge in [0.25, 0.3) is 5.56 Å². The largest absolute Gasteiger partial charge is 0.497 e. The van der Waals surface area contributed by atoms with Gasteiger partial charge in [0.05, 0.1) is 50.7 Å². The molecule has 4 aromatic rings. The Balaban J connectivity index is 1.88. The van der Waals surface area contributed by atoms with Crippen molar-refractivity contribution < 1.29 is 23.7 Å². The molecule has 0 aliphatic rings. The van der Waals surface area contributed by atoms with Gasteiger partial charge >= 0.3 is 5.69 Å². The Morgan fingerprint density at radius 2 is 1.46 bits per heavy atom. The monoisotopic (exact) mass is 505 g/mol. The normalized spacial score (nSPS) is 10.7. The number of carbonyl (C=O) groups excluding carboxylic acids is 1. The number of nitrogens with one attached hydrogen (secondary N) is 1. The third-order valence-corrected chi connectivity index (χ3v) is 5.93. The van der Waals surface area contributed by atoms with E-state index in [2.05, 4.69) is 5.32 Å². The molecule has 0 saturated carbocycles. The lowest BCUT2D eigenvalue weighted by molar-refractivity contribution is -0.116. The van der Waals surface area contributed by atoms with Crippen molar-refractivity contribution >= 4 is 22.5 Å². The predicted molar refractivity (Wildman–Crippen MR) is 140 cm³/mol. The number of aromatic nitrogens is 2. The van der Waals surface area contributed by atoms with Crippen LogP contribution in [0.3, 0.4) is 0 Å². The number of rotatable bonds is 8. The SMILES string of the molecule is COc1ccc(NC(=O)Cn2c(=O)n(-c3ccc(C)cc3)c(=O)c3cc(OC)c(OC)cc32)c(OC)c1. The molecule has 0 aliphatic carbocycles. The number of ether oxygens (including phenoxy) is 4. The maximum atomic E-state index is 13.7. The van der Waals surface area contributed by atoms with E-state index in [1.54, 1.807) is 42.5 Å². The zero-order chi connectivity index (χ0) is 26.7. The van der Waals surface area contributed by atoms with Crippen LogP contribution in [0.5, 0.6) is 23.0 Å². The highest BCUT2D eigenvalue weighted by atomic mass is 16.5. The molecule has 37 heavy (non-hydrogen) atoms. The summed E-state index contributed by atoms with van der Waals surface area (Å²) in [6.07, 6.45) is 0. The number of fused-ring (bicyclic) bond motifs is 1. The fraction of sp³-hybridized carbons (Fsp3) is 0.222. The van der Waals surface area contributed by atoms with E-state index < -0.39 is 17.2 Å². The zero-order valence-electron chi connectivity index (χ0n) is 21.2. The second kappa shape index (κ2) is 10.5. The van der Waals surface area contributed by atoms with Gasteiger partial charge in [-0.1, -0.05) is 17.7 Å². The molecule has 1 aromatic heterocycles. The molecule has 1 N–H and O–H groups in total. The lowest BCUT2D eigenvalue weighted by Crippen LogP contribution is -2.40. The molecule has 10 nitrogen and oxygen atoms in total. The molecule has 0 aliphatic heterocycles. The molecule has 0 bridgehead atoms. The number of anilines is 1. The van der Waals surface area contributed by atoms with Gasteiger partial charge in [0.1, 0.15) is 18.0 Å². The lowest BCUT2D eigenvalue weighted by Gasteiger charge is -2.17. The van der Waals surface area contributed by atoms with Crippen LogP contribution < -0.4 is 35.5 Å². The van der Waals surface area contributed by atoms with Crippen molar-refractivity contribution in [3.05, 3.63) is 81.0 Å². The van der Waals surface area contributed by atoms with Crippen LogP contribution in [-0.4, -0.2) is 43.5 Å². The van der Waals surface area contributed by atoms with Crippen LogP contribution in [0.1, 0.15) is 5.56 Å². The summed E-state index contributed by atoms with van der Waals surface area (Å²) in [4.78, 5) is 40.3. The van der Waals surface area contributed by atoms with Crippen LogP contribution >= 0.6 is 0 Å². The minimum atomic E-state index is -0.676. The average molecular weight is 506 g/mol. The maximum Gasteiger partial charge on any atom is 0.336 e. The topological polar surface area (TPSA) is 110 Å². The molecule has 0 atom stereocenters. The summed E-state index contributed by atoms with van der Waals surface area (Å²) in [5.41, 5.74) is 0.758. The fourth-order valence-corrected chi connectivity index (χ4v) is 4.00. The van der Waals surface area contributed by atoms with Gasteiger partial charge in [-0.05, 0) is 37.3 Å². The number of nitrogens with zero attached hydrogens (tertiary/aromatic N) is 2. The Kier molecular flexibility index (Phi) is 7.19. The fourth-order valence-electron chi connectivity index (χ4n) is 4.00. The summed E-state index contributed by atoms with van der Waals surface area (Å²) in [6, 6.07) is 14.9. The van der Waals surface area contributed by atoms with E-state index in [0.29, 0.717) is 34.4 Å².